The average molecular weight is 320 g/mol. The third-order valence-corrected chi connectivity index (χ3v) is 7.35. The molecular weight excluding hydrogens is 296 g/mol. The first-order valence-electron chi connectivity index (χ1n) is 8.10. The summed E-state index contributed by atoms with van der Waals surface area (Å²) in [5.74, 6) is 1.10. The van der Waals surface area contributed by atoms with Gasteiger partial charge in [0, 0.05) is 32.8 Å². The minimum absolute atomic E-state index is 0.0412. The predicted octanol–water partition coefficient (Wildman–Crippen LogP) is 3.57. The van der Waals surface area contributed by atoms with E-state index in [9.17, 15) is 9.00 Å². The van der Waals surface area contributed by atoms with Gasteiger partial charge in [0.2, 0.25) is 0 Å². The highest BCUT2D eigenvalue weighted by atomic mass is 32.2. The van der Waals surface area contributed by atoms with Crippen LogP contribution in [0, 0.1) is 19.8 Å². The molecule has 3 rings (SSSR count). The van der Waals surface area contributed by atoms with Crippen LogP contribution in [0.25, 0.3) is 0 Å². The molecule has 0 spiro atoms. The lowest BCUT2D eigenvalue weighted by atomic mass is 9.83. The lowest BCUT2D eigenvalue weighted by Crippen LogP contribution is -2.41. The Balaban J connectivity index is 1.85. The highest BCUT2D eigenvalue weighted by Gasteiger charge is 2.40. The second kappa shape index (κ2) is 6.15. The zero-order valence-electron chi connectivity index (χ0n) is 13.6. The number of rotatable bonds is 3. The minimum Gasteiger partial charge on any atom is -0.496 e. The highest BCUT2D eigenvalue weighted by Crippen LogP contribution is 2.39. The number of benzene rings is 1. The summed E-state index contributed by atoms with van der Waals surface area (Å²) in [5, 5.41) is 0.474. The van der Waals surface area contributed by atoms with Gasteiger partial charge in [0.15, 0.2) is 5.78 Å². The minimum atomic E-state index is -0.717. The molecular formula is C18H24O3S. The van der Waals surface area contributed by atoms with Crippen molar-refractivity contribution in [2.75, 3.05) is 7.11 Å². The molecule has 2 bridgehead atoms. The number of ether oxygens (including phenoxy) is 1. The summed E-state index contributed by atoms with van der Waals surface area (Å²) in [4.78, 5) is 13.0. The van der Waals surface area contributed by atoms with Crippen molar-refractivity contribution in [3.8, 4) is 5.75 Å². The van der Waals surface area contributed by atoms with Gasteiger partial charge in [-0.25, -0.2) is 0 Å². The monoisotopic (exact) mass is 320 g/mol. The van der Waals surface area contributed by atoms with Crippen LogP contribution in [0.3, 0.4) is 0 Å². The molecule has 2 fully saturated rings. The molecule has 1 aromatic carbocycles. The standard InChI is InChI=1S/C18H24O3S/c1-11-8-17(21-3)12(2)7-16(11)18(19)13-9-14-5-4-6-15(10-13)22(14)20/h7-8,13-15H,4-6,9-10H2,1-3H3. The Hall–Kier alpha value is -1.16. The molecule has 0 amide bonds. The van der Waals surface area contributed by atoms with Crippen molar-refractivity contribution in [2.24, 2.45) is 5.92 Å². The van der Waals surface area contributed by atoms with Crippen LogP contribution in [0.15, 0.2) is 12.1 Å². The van der Waals surface area contributed by atoms with E-state index in [2.05, 4.69) is 0 Å². The van der Waals surface area contributed by atoms with Crippen LogP contribution >= 0.6 is 0 Å². The fourth-order valence-corrected chi connectivity index (χ4v) is 6.13. The maximum atomic E-state index is 13.0. The topological polar surface area (TPSA) is 43.4 Å². The Labute approximate surface area is 134 Å². The first kappa shape index (κ1) is 15.7. The summed E-state index contributed by atoms with van der Waals surface area (Å²) in [6, 6.07) is 3.90. The second-order valence-corrected chi connectivity index (χ2v) is 8.66. The number of fused-ring (bicyclic) bond motifs is 2. The summed E-state index contributed by atoms with van der Waals surface area (Å²) in [5.41, 5.74) is 2.79. The van der Waals surface area contributed by atoms with E-state index in [4.69, 9.17) is 4.74 Å². The summed E-state index contributed by atoms with van der Waals surface area (Å²) in [6.07, 6.45) is 4.81. The van der Waals surface area contributed by atoms with Gasteiger partial charge in [-0.05, 0) is 62.8 Å². The van der Waals surface area contributed by atoms with Gasteiger partial charge < -0.3 is 4.74 Å². The molecule has 2 aliphatic heterocycles. The van der Waals surface area contributed by atoms with Crippen molar-refractivity contribution >= 4 is 16.6 Å². The molecule has 2 saturated heterocycles. The fourth-order valence-electron chi connectivity index (χ4n) is 3.94. The molecule has 0 aliphatic carbocycles. The molecule has 1 aromatic rings. The van der Waals surface area contributed by atoms with Crippen molar-refractivity contribution in [1.29, 1.82) is 0 Å². The van der Waals surface area contributed by atoms with Crippen LogP contribution in [0.4, 0.5) is 0 Å². The smallest absolute Gasteiger partial charge is 0.166 e. The second-order valence-electron chi connectivity index (χ2n) is 6.67. The molecule has 2 aliphatic rings. The highest BCUT2D eigenvalue weighted by molar-refractivity contribution is 7.86. The maximum absolute atomic E-state index is 13.0. The van der Waals surface area contributed by atoms with E-state index >= 15 is 0 Å². The van der Waals surface area contributed by atoms with Crippen molar-refractivity contribution < 1.29 is 13.7 Å². The van der Waals surface area contributed by atoms with Crippen LogP contribution in [-0.4, -0.2) is 27.6 Å². The molecule has 0 radical (unpaired) electrons. The Morgan fingerprint density at radius 1 is 1.14 bits per heavy atom. The number of hydrogen-bond acceptors (Lipinski definition) is 3. The lowest BCUT2D eigenvalue weighted by Gasteiger charge is -2.37. The summed E-state index contributed by atoms with van der Waals surface area (Å²) >= 11 is 0. The third-order valence-electron chi connectivity index (χ3n) is 5.18. The van der Waals surface area contributed by atoms with Crippen LogP contribution in [0.2, 0.25) is 0 Å². The molecule has 0 N–H and O–H groups in total. The predicted molar refractivity (Wildman–Crippen MR) is 89.1 cm³/mol. The molecule has 2 atom stereocenters. The SMILES string of the molecule is COc1cc(C)c(C(=O)C2CC3CCCC(C2)S3=O)cc1C. The van der Waals surface area contributed by atoms with Gasteiger partial charge in [-0.15, -0.1) is 0 Å². The first-order chi connectivity index (χ1) is 10.5. The zero-order chi connectivity index (χ0) is 15.9. The van der Waals surface area contributed by atoms with Gasteiger partial charge in [-0.3, -0.25) is 9.00 Å². The van der Waals surface area contributed by atoms with Crippen molar-refractivity contribution in [3.05, 3.63) is 28.8 Å². The largest absolute Gasteiger partial charge is 0.496 e. The van der Waals surface area contributed by atoms with Gasteiger partial charge in [0.25, 0.3) is 0 Å². The number of methoxy groups -OCH3 is 1. The fraction of sp³-hybridized carbons (Fsp3) is 0.611. The van der Waals surface area contributed by atoms with Crippen molar-refractivity contribution in [3.63, 3.8) is 0 Å². The third kappa shape index (κ3) is 2.73. The number of aryl methyl sites for hydroxylation is 2. The molecule has 0 aromatic heterocycles. The van der Waals surface area contributed by atoms with Crippen LogP contribution in [0.1, 0.15) is 53.6 Å². The van der Waals surface area contributed by atoms with E-state index in [-0.39, 0.29) is 22.2 Å². The summed E-state index contributed by atoms with van der Waals surface area (Å²) in [6.45, 7) is 3.94. The Kier molecular flexibility index (Phi) is 4.40. The van der Waals surface area contributed by atoms with Gasteiger partial charge in [-0.1, -0.05) is 6.42 Å². The zero-order valence-corrected chi connectivity index (χ0v) is 14.4. The van der Waals surface area contributed by atoms with E-state index in [1.165, 1.54) is 6.42 Å². The average Bonchev–Trinajstić information content (AvgIpc) is 2.48. The van der Waals surface area contributed by atoms with E-state index in [0.29, 0.717) is 0 Å². The first-order valence-corrected chi connectivity index (χ1v) is 9.37. The van der Waals surface area contributed by atoms with Crippen LogP contribution < -0.4 is 4.74 Å². The summed E-state index contributed by atoms with van der Waals surface area (Å²) in [7, 11) is 0.937. The van der Waals surface area contributed by atoms with Gasteiger partial charge >= 0.3 is 0 Å². The molecule has 3 nitrogen and oxygen atoms in total. The van der Waals surface area contributed by atoms with Crippen molar-refractivity contribution in [1.82, 2.24) is 0 Å². The van der Waals surface area contributed by atoms with E-state index in [0.717, 1.165) is 48.1 Å². The number of Topliss-reactive ketones (excluding diaryl/α,β-unsaturated/α-hetero) is 1. The molecule has 2 heterocycles. The Morgan fingerprint density at radius 2 is 1.77 bits per heavy atom. The number of hydrogen-bond donors (Lipinski definition) is 0. The molecule has 22 heavy (non-hydrogen) atoms. The molecule has 2 unspecified atom stereocenters. The van der Waals surface area contributed by atoms with E-state index in [1.807, 2.05) is 26.0 Å². The van der Waals surface area contributed by atoms with E-state index in [1.54, 1.807) is 7.11 Å². The molecule has 120 valence electrons. The quantitative estimate of drug-likeness (QED) is 0.800. The Morgan fingerprint density at radius 3 is 2.36 bits per heavy atom. The van der Waals surface area contributed by atoms with Gasteiger partial charge in [0.1, 0.15) is 5.75 Å². The van der Waals surface area contributed by atoms with Crippen molar-refractivity contribution in [2.45, 2.75) is 56.5 Å². The molecule has 4 heteroatoms. The van der Waals surface area contributed by atoms with Gasteiger partial charge in [0.05, 0.1) is 7.11 Å². The maximum Gasteiger partial charge on any atom is 0.166 e. The normalized spacial score (nSPS) is 30.9. The van der Waals surface area contributed by atoms with E-state index < -0.39 is 10.8 Å². The number of carbonyl (C=O) groups is 1. The van der Waals surface area contributed by atoms with Crippen LogP contribution in [-0.2, 0) is 10.8 Å². The Bertz CT molecular complexity index is 607. The van der Waals surface area contributed by atoms with Crippen LogP contribution in [0.5, 0.6) is 5.75 Å². The molecule has 0 saturated carbocycles. The number of carbonyl (C=O) groups excluding carboxylic acids is 1. The lowest BCUT2D eigenvalue weighted by molar-refractivity contribution is 0.0894. The summed E-state index contributed by atoms with van der Waals surface area (Å²) < 4.78 is 17.6. The van der Waals surface area contributed by atoms with Gasteiger partial charge in [-0.2, -0.15) is 0 Å². The number of ketones is 1.